The Kier molecular flexibility index (Phi) is 6.00. The number of piperazine rings is 1. The summed E-state index contributed by atoms with van der Waals surface area (Å²) in [6, 6.07) is 8.31. The molecule has 1 aliphatic heterocycles. The van der Waals surface area contributed by atoms with E-state index in [0.29, 0.717) is 12.4 Å². The SMILES string of the molecule is CCOC(=O)Cn1nnnc1C(CC)N1CCN(c2nc3ccccc3s2)CC1. The van der Waals surface area contributed by atoms with Crippen molar-refractivity contribution in [3.63, 3.8) is 0 Å². The van der Waals surface area contributed by atoms with Crippen LogP contribution in [0.1, 0.15) is 32.1 Å². The van der Waals surface area contributed by atoms with Gasteiger partial charge in [0.05, 0.1) is 22.9 Å². The Labute approximate surface area is 173 Å². The van der Waals surface area contributed by atoms with Gasteiger partial charge in [-0.05, 0) is 35.9 Å². The maximum atomic E-state index is 11.9. The van der Waals surface area contributed by atoms with Crippen molar-refractivity contribution < 1.29 is 9.53 Å². The monoisotopic (exact) mass is 415 g/mol. The van der Waals surface area contributed by atoms with E-state index in [0.717, 1.165) is 43.2 Å². The number of carbonyl (C=O) groups is 1. The van der Waals surface area contributed by atoms with E-state index in [1.54, 1.807) is 22.9 Å². The topological polar surface area (TPSA) is 89.3 Å². The van der Waals surface area contributed by atoms with Crippen LogP contribution in [0.4, 0.5) is 5.13 Å². The summed E-state index contributed by atoms with van der Waals surface area (Å²) in [7, 11) is 0. The maximum absolute atomic E-state index is 11.9. The Morgan fingerprint density at radius 3 is 2.72 bits per heavy atom. The average Bonchev–Trinajstić information content (AvgIpc) is 3.36. The van der Waals surface area contributed by atoms with Crippen LogP contribution in [-0.2, 0) is 16.1 Å². The molecule has 0 radical (unpaired) electrons. The molecule has 1 unspecified atom stereocenters. The fraction of sp³-hybridized carbons (Fsp3) is 0.526. The molecule has 2 aromatic heterocycles. The number of hydrogen-bond donors (Lipinski definition) is 0. The summed E-state index contributed by atoms with van der Waals surface area (Å²) < 4.78 is 7.81. The van der Waals surface area contributed by atoms with Crippen LogP contribution in [0, 0.1) is 0 Å². The van der Waals surface area contributed by atoms with Crippen molar-refractivity contribution in [2.75, 3.05) is 37.7 Å². The zero-order chi connectivity index (χ0) is 20.2. The lowest BCUT2D eigenvalue weighted by Gasteiger charge is -2.38. The van der Waals surface area contributed by atoms with Gasteiger partial charge in [0, 0.05) is 26.2 Å². The van der Waals surface area contributed by atoms with Gasteiger partial charge < -0.3 is 9.64 Å². The molecule has 4 rings (SSSR count). The molecule has 154 valence electrons. The maximum Gasteiger partial charge on any atom is 0.327 e. The number of benzene rings is 1. The van der Waals surface area contributed by atoms with Crippen LogP contribution in [0.25, 0.3) is 10.2 Å². The van der Waals surface area contributed by atoms with E-state index in [4.69, 9.17) is 9.72 Å². The zero-order valence-corrected chi connectivity index (χ0v) is 17.5. The fourth-order valence-corrected chi connectivity index (χ4v) is 4.73. The standard InChI is InChI=1S/C19H25N7O2S/c1-3-15(18-21-22-23-26(18)13-17(27)28-4-2)24-9-11-25(12-10-24)19-20-14-7-5-6-8-16(14)29-19/h5-8,15H,3-4,9-13H2,1-2H3. The number of ether oxygens (including phenoxy) is 1. The number of esters is 1. The van der Waals surface area contributed by atoms with Gasteiger partial charge in [-0.1, -0.05) is 30.4 Å². The minimum absolute atomic E-state index is 0.0400. The lowest BCUT2D eigenvalue weighted by Crippen LogP contribution is -2.48. The quantitative estimate of drug-likeness (QED) is 0.542. The van der Waals surface area contributed by atoms with Gasteiger partial charge in [-0.25, -0.2) is 9.67 Å². The Hall–Kier alpha value is -2.59. The third kappa shape index (κ3) is 4.23. The van der Waals surface area contributed by atoms with Crippen molar-refractivity contribution in [1.29, 1.82) is 0 Å². The first-order chi connectivity index (χ1) is 14.2. The number of tetrazole rings is 1. The molecule has 3 aromatic rings. The second kappa shape index (κ2) is 8.83. The van der Waals surface area contributed by atoms with E-state index < -0.39 is 0 Å². The minimum atomic E-state index is -0.323. The van der Waals surface area contributed by atoms with E-state index in [1.165, 1.54) is 4.70 Å². The third-order valence-corrected chi connectivity index (χ3v) is 6.23. The summed E-state index contributed by atoms with van der Waals surface area (Å²) in [6.45, 7) is 7.87. The smallest absolute Gasteiger partial charge is 0.327 e. The highest BCUT2D eigenvalue weighted by Crippen LogP contribution is 2.30. The third-order valence-electron chi connectivity index (χ3n) is 5.14. The number of rotatable bonds is 7. The average molecular weight is 416 g/mol. The minimum Gasteiger partial charge on any atom is -0.465 e. The fourth-order valence-electron chi connectivity index (χ4n) is 3.72. The zero-order valence-electron chi connectivity index (χ0n) is 16.7. The molecule has 1 aliphatic rings. The molecule has 29 heavy (non-hydrogen) atoms. The highest BCUT2D eigenvalue weighted by Gasteiger charge is 2.29. The molecule has 0 saturated carbocycles. The molecule has 10 heteroatoms. The number of para-hydroxylation sites is 1. The molecule has 1 fully saturated rings. The summed E-state index contributed by atoms with van der Waals surface area (Å²) in [5.74, 6) is 0.394. The van der Waals surface area contributed by atoms with Crippen molar-refractivity contribution in [1.82, 2.24) is 30.1 Å². The van der Waals surface area contributed by atoms with E-state index in [9.17, 15) is 4.79 Å². The van der Waals surface area contributed by atoms with Crippen LogP contribution in [0.3, 0.4) is 0 Å². The van der Waals surface area contributed by atoms with Crippen molar-refractivity contribution in [2.24, 2.45) is 0 Å². The van der Waals surface area contributed by atoms with Crippen LogP contribution in [0.2, 0.25) is 0 Å². The lowest BCUT2D eigenvalue weighted by molar-refractivity contribution is -0.144. The number of carbonyl (C=O) groups excluding carboxylic acids is 1. The highest BCUT2D eigenvalue weighted by atomic mass is 32.1. The first kappa shape index (κ1) is 19.7. The van der Waals surface area contributed by atoms with Gasteiger partial charge >= 0.3 is 5.97 Å². The molecule has 1 aromatic carbocycles. The summed E-state index contributed by atoms with van der Waals surface area (Å²) in [6.07, 6.45) is 0.865. The molecule has 0 bridgehead atoms. The number of hydrogen-bond acceptors (Lipinski definition) is 9. The molecule has 1 saturated heterocycles. The first-order valence-electron chi connectivity index (χ1n) is 9.95. The van der Waals surface area contributed by atoms with E-state index >= 15 is 0 Å². The Morgan fingerprint density at radius 1 is 1.21 bits per heavy atom. The molecule has 0 amide bonds. The molecule has 1 atom stereocenters. The molecule has 3 heterocycles. The van der Waals surface area contributed by atoms with Gasteiger partial charge in [0.1, 0.15) is 6.54 Å². The van der Waals surface area contributed by atoms with Gasteiger partial charge in [0.25, 0.3) is 0 Å². The molecule has 0 N–H and O–H groups in total. The second-order valence-electron chi connectivity index (χ2n) is 6.91. The largest absolute Gasteiger partial charge is 0.465 e. The summed E-state index contributed by atoms with van der Waals surface area (Å²) in [5, 5.41) is 13.1. The number of fused-ring (bicyclic) bond motifs is 1. The van der Waals surface area contributed by atoms with Gasteiger partial charge in [0.2, 0.25) is 0 Å². The van der Waals surface area contributed by atoms with Crippen LogP contribution >= 0.6 is 11.3 Å². The summed E-state index contributed by atoms with van der Waals surface area (Å²) in [4.78, 5) is 21.4. The number of anilines is 1. The molecule has 0 spiro atoms. The van der Waals surface area contributed by atoms with E-state index in [1.807, 2.05) is 6.07 Å². The van der Waals surface area contributed by atoms with Crippen molar-refractivity contribution in [3.8, 4) is 0 Å². The lowest BCUT2D eigenvalue weighted by atomic mass is 10.1. The van der Waals surface area contributed by atoms with Crippen molar-refractivity contribution >= 4 is 32.7 Å². The second-order valence-corrected chi connectivity index (χ2v) is 7.92. The Morgan fingerprint density at radius 2 is 2.00 bits per heavy atom. The predicted octanol–water partition coefficient (Wildman–Crippen LogP) is 2.12. The highest BCUT2D eigenvalue weighted by molar-refractivity contribution is 7.22. The van der Waals surface area contributed by atoms with Gasteiger partial charge in [0.15, 0.2) is 11.0 Å². The number of nitrogens with zero attached hydrogens (tertiary/aromatic N) is 7. The van der Waals surface area contributed by atoms with E-state index in [2.05, 4.69) is 50.4 Å². The van der Waals surface area contributed by atoms with Gasteiger partial charge in [-0.3, -0.25) is 9.69 Å². The van der Waals surface area contributed by atoms with Crippen molar-refractivity contribution in [3.05, 3.63) is 30.1 Å². The van der Waals surface area contributed by atoms with Crippen LogP contribution in [0.15, 0.2) is 24.3 Å². The summed E-state index contributed by atoms with van der Waals surface area (Å²) in [5.41, 5.74) is 1.06. The van der Waals surface area contributed by atoms with Gasteiger partial charge in [-0.2, -0.15) is 0 Å². The molecular formula is C19H25N7O2S. The van der Waals surface area contributed by atoms with E-state index in [-0.39, 0.29) is 18.6 Å². The molecule has 0 aliphatic carbocycles. The number of aromatic nitrogens is 5. The van der Waals surface area contributed by atoms with Gasteiger partial charge in [-0.15, -0.1) is 5.10 Å². The first-order valence-corrected chi connectivity index (χ1v) is 10.8. The number of thiazole rings is 1. The molecule has 9 nitrogen and oxygen atoms in total. The van der Waals surface area contributed by atoms with Crippen LogP contribution in [-0.4, -0.2) is 68.8 Å². The van der Waals surface area contributed by atoms with Crippen molar-refractivity contribution in [2.45, 2.75) is 32.9 Å². The normalized spacial score (nSPS) is 16.3. The van der Waals surface area contributed by atoms with Crippen LogP contribution in [0.5, 0.6) is 0 Å². The molecular weight excluding hydrogens is 390 g/mol. The van der Waals surface area contributed by atoms with Crippen LogP contribution < -0.4 is 4.90 Å². The summed E-state index contributed by atoms with van der Waals surface area (Å²) >= 11 is 1.74. The Bertz CT molecular complexity index is 931. The Balaban J connectivity index is 1.43. The predicted molar refractivity (Wildman–Crippen MR) is 111 cm³/mol.